The predicted octanol–water partition coefficient (Wildman–Crippen LogP) is 3.97. The maximum Gasteiger partial charge on any atom is 0.253 e. The maximum absolute atomic E-state index is 14.7. The van der Waals surface area contributed by atoms with Crippen molar-refractivity contribution in [2.45, 2.75) is 64.7 Å². The number of nitrogens with one attached hydrogen (secondary N) is 1. The van der Waals surface area contributed by atoms with Gasteiger partial charge < -0.3 is 19.7 Å². The minimum absolute atomic E-state index is 0.0753. The van der Waals surface area contributed by atoms with Crippen LogP contribution >= 0.6 is 0 Å². The van der Waals surface area contributed by atoms with E-state index in [1.165, 1.54) is 6.07 Å². The number of benzene rings is 1. The molecule has 0 aromatic heterocycles. The molecule has 0 radical (unpaired) electrons. The highest BCUT2D eigenvalue weighted by Crippen LogP contribution is 2.32. The Morgan fingerprint density at radius 1 is 1.33 bits per heavy atom. The number of hydrogen-bond acceptors (Lipinski definition) is 4. The van der Waals surface area contributed by atoms with Gasteiger partial charge in [-0.1, -0.05) is 13.8 Å². The van der Waals surface area contributed by atoms with Crippen LogP contribution in [0.2, 0.25) is 0 Å². The molecule has 1 aromatic carbocycles. The monoisotopic (exact) mass is 378 g/mol. The molecule has 150 valence electrons. The van der Waals surface area contributed by atoms with Crippen LogP contribution in [0.15, 0.2) is 18.2 Å². The first kappa shape index (κ1) is 20.1. The SMILES string of the molecule is CC(C)[C@@H]1CCCN1c1ccc(NC(=O)[C@H](C)OC[C@@H]2CCCO2)cc1F. The van der Waals surface area contributed by atoms with Crippen LogP contribution in [0.5, 0.6) is 0 Å². The number of carbonyl (C=O) groups excluding carboxylic acids is 1. The van der Waals surface area contributed by atoms with Gasteiger partial charge in [0.2, 0.25) is 0 Å². The molecule has 6 heteroatoms. The van der Waals surface area contributed by atoms with Gasteiger partial charge in [0.05, 0.1) is 18.4 Å². The van der Waals surface area contributed by atoms with Crippen LogP contribution < -0.4 is 10.2 Å². The van der Waals surface area contributed by atoms with E-state index in [1.807, 2.05) is 0 Å². The van der Waals surface area contributed by atoms with Crippen LogP contribution in [-0.2, 0) is 14.3 Å². The number of halogens is 1. The summed E-state index contributed by atoms with van der Waals surface area (Å²) in [6, 6.07) is 5.30. The molecular formula is C21H31FN2O3. The van der Waals surface area contributed by atoms with Gasteiger partial charge in [0.15, 0.2) is 0 Å². The average Bonchev–Trinajstić information content (AvgIpc) is 3.31. The van der Waals surface area contributed by atoms with Crippen molar-refractivity contribution in [3.05, 3.63) is 24.0 Å². The van der Waals surface area contributed by atoms with Gasteiger partial charge in [-0.3, -0.25) is 4.79 Å². The summed E-state index contributed by atoms with van der Waals surface area (Å²) in [4.78, 5) is 14.5. The van der Waals surface area contributed by atoms with Crippen LogP contribution in [0, 0.1) is 11.7 Å². The van der Waals surface area contributed by atoms with Gasteiger partial charge in [0, 0.05) is 24.9 Å². The molecule has 1 N–H and O–H groups in total. The summed E-state index contributed by atoms with van der Waals surface area (Å²) in [6.45, 7) is 8.09. The maximum atomic E-state index is 14.7. The highest BCUT2D eigenvalue weighted by molar-refractivity contribution is 5.94. The summed E-state index contributed by atoms with van der Waals surface area (Å²) in [5, 5.41) is 2.75. The third kappa shape index (κ3) is 4.99. The Morgan fingerprint density at radius 3 is 2.81 bits per heavy atom. The predicted molar refractivity (Wildman–Crippen MR) is 105 cm³/mol. The quantitative estimate of drug-likeness (QED) is 0.780. The molecule has 3 rings (SSSR count). The lowest BCUT2D eigenvalue weighted by atomic mass is 10.0. The molecule has 0 spiro atoms. The molecule has 3 atom stereocenters. The van der Waals surface area contributed by atoms with E-state index in [0.717, 1.165) is 38.8 Å². The number of carbonyl (C=O) groups is 1. The standard InChI is InChI=1S/C21H31FN2O3/c1-14(2)19-7-4-10-24(19)20-9-8-16(12-18(20)22)23-21(25)15(3)27-13-17-6-5-11-26-17/h8-9,12,14-15,17,19H,4-7,10-11,13H2,1-3H3,(H,23,25)/t15-,17-,19-/m0/s1. The van der Waals surface area contributed by atoms with Gasteiger partial charge in [0.25, 0.3) is 5.91 Å². The first-order valence-corrected chi connectivity index (χ1v) is 10.1. The fraction of sp³-hybridized carbons (Fsp3) is 0.667. The molecule has 2 aliphatic heterocycles. The van der Waals surface area contributed by atoms with E-state index in [0.29, 0.717) is 29.9 Å². The number of rotatable bonds is 7. The lowest BCUT2D eigenvalue weighted by Crippen LogP contribution is -2.34. The zero-order valence-corrected chi connectivity index (χ0v) is 16.5. The number of anilines is 2. The molecule has 1 aromatic rings. The van der Waals surface area contributed by atoms with E-state index < -0.39 is 6.10 Å². The fourth-order valence-electron chi connectivity index (χ4n) is 3.95. The molecular weight excluding hydrogens is 347 g/mol. The van der Waals surface area contributed by atoms with E-state index in [9.17, 15) is 9.18 Å². The van der Waals surface area contributed by atoms with E-state index in [4.69, 9.17) is 9.47 Å². The summed E-state index contributed by atoms with van der Waals surface area (Å²) in [7, 11) is 0. The zero-order chi connectivity index (χ0) is 19.4. The van der Waals surface area contributed by atoms with Crippen LogP contribution in [0.3, 0.4) is 0 Å². The third-order valence-electron chi connectivity index (χ3n) is 5.52. The Balaban J connectivity index is 1.57. The van der Waals surface area contributed by atoms with E-state index >= 15 is 0 Å². The average molecular weight is 378 g/mol. The van der Waals surface area contributed by atoms with Crippen LogP contribution in [-0.4, -0.2) is 43.9 Å². The molecule has 0 aliphatic carbocycles. The van der Waals surface area contributed by atoms with Gasteiger partial charge in [0.1, 0.15) is 11.9 Å². The van der Waals surface area contributed by atoms with Crippen molar-refractivity contribution >= 4 is 17.3 Å². The Bertz CT molecular complexity index is 646. The summed E-state index contributed by atoms with van der Waals surface area (Å²) in [6.07, 6.45) is 3.64. The van der Waals surface area contributed by atoms with Crippen LogP contribution in [0.25, 0.3) is 0 Å². The minimum atomic E-state index is -0.610. The molecule has 2 aliphatic rings. The second kappa shape index (κ2) is 9.02. The highest BCUT2D eigenvalue weighted by atomic mass is 19.1. The first-order valence-electron chi connectivity index (χ1n) is 10.1. The van der Waals surface area contributed by atoms with Gasteiger partial charge in [-0.15, -0.1) is 0 Å². The van der Waals surface area contributed by atoms with Crippen molar-refractivity contribution in [3.63, 3.8) is 0 Å². The Morgan fingerprint density at radius 2 is 2.15 bits per heavy atom. The van der Waals surface area contributed by atoms with Gasteiger partial charge in [-0.05, 0) is 56.7 Å². The van der Waals surface area contributed by atoms with E-state index in [1.54, 1.807) is 19.1 Å². The molecule has 2 saturated heterocycles. The molecule has 0 saturated carbocycles. The summed E-state index contributed by atoms with van der Waals surface area (Å²) in [5.74, 6) is -0.0946. The lowest BCUT2D eigenvalue weighted by molar-refractivity contribution is -0.128. The molecule has 2 heterocycles. The fourth-order valence-corrected chi connectivity index (χ4v) is 3.95. The van der Waals surface area contributed by atoms with Crippen molar-refractivity contribution in [3.8, 4) is 0 Å². The summed E-state index contributed by atoms with van der Waals surface area (Å²) >= 11 is 0. The Labute approximate surface area is 161 Å². The van der Waals surface area contributed by atoms with Crippen molar-refractivity contribution in [1.82, 2.24) is 0 Å². The Hall–Kier alpha value is -1.66. The molecule has 27 heavy (non-hydrogen) atoms. The molecule has 2 fully saturated rings. The third-order valence-corrected chi connectivity index (χ3v) is 5.52. The minimum Gasteiger partial charge on any atom is -0.376 e. The van der Waals surface area contributed by atoms with E-state index in [2.05, 4.69) is 24.1 Å². The summed E-state index contributed by atoms with van der Waals surface area (Å²) < 4.78 is 25.8. The van der Waals surface area contributed by atoms with Gasteiger partial charge in [-0.25, -0.2) is 4.39 Å². The highest BCUT2D eigenvalue weighted by Gasteiger charge is 2.29. The van der Waals surface area contributed by atoms with Crippen molar-refractivity contribution in [2.75, 3.05) is 30.0 Å². The van der Waals surface area contributed by atoms with Gasteiger partial charge >= 0.3 is 0 Å². The molecule has 0 unspecified atom stereocenters. The second-order valence-corrected chi connectivity index (χ2v) is 7.91. The molecule has 5 nitrogen and oxygen atoms in total. The lowest BCUT2D eigenvalue weighted by Gasteiger charge is -2.30. The molecule has 0 bridgehead atoms. The van der Waals surface area contributed by atoms with Gasteiger partial charge in [-0.2, -0.15) is 0 Å². The largest absolute Gasteiger partial charge is 0.376 e. The van der Waals surface area contributed by atoms with Crippen LogP contribution in [0.4, 0.5) is 15.8 Å². The number of amides is 1. The van der Waals surface area contributed by atoms with Crippen molar-refractivity contribution in [2.24, 2.45) is 5.92 Å². The number of ether oxygens (including phenoxy) is 2. The van der Waals surface area contributed by atoms with Crippen molar-refractivity contribution in [1.29, 1.82) is 0 Å². The number of nitrogens with zero attached hydrogens (tertiary/aromatic N) is 1. The molecule has 1 amide bonds. The summed E-state index contributed by atoms with van der Waals surface area (Å²) in [5.41, 5.74) is 1.07. The second-order valence-electron chi connectivity index (χ2n) is 7.91. The smallest absolute Gasteiger partial charge is 0.253 e. The first-order chi connectivity index (χ1) is 13.0. The topological polar surface area (TPSA) is 50.8 Å². The van der Waals surface area contributed by atoms with Crippen molar-refractivity contribution < 1.29 is 18.7 Å². The zero-order valence-electron chi connectivity index (χ0n) is 16.5. The Kier molecular flexibility index (Phi) is 6.71. The van der Waals surface area contributed by atoms with Crippen LogP contribution in [0.1, 0.15) is 46.5 Å². The van der Waals surface area contributed by atoms with E-state index in [-0.39, 0.29) is 17.8 Å². The normalized spacial score (nSPS) is 23.8. The number of hydrogen-bond donors (Lipinski definition) is 1.